The van der Waals surface area contributed by atoms with Crippen molar-refractivity contribution in [1.29, 1.82) is 0 Å². The molecule has 0 bridgehead atoms. The van der Waals surface area contributed by atoms with Gasteiger partial charge in [-0.3, -0.25) is 14.4 Å². The third-order valence-corrected chi connectivity index (χ3v) is 5.79. The average molecular weight is 413 g/mol. The fraction of sp³-hybridized carbons (Fsp3) is 0.286. The Morgan fingerprint density at radius 3 is 2.41 bits per heavy atom. The van der Waals surface area contributed by atoms with Gasteiger partial charge in [0.15, 0.2) is 5.75 Å². The van der Waals surface area contributed by atoms with Crippen LogP contribution in [0.2, 0.25) is 0 Å². The summed E-state index contributed by atoms with van der Waals surface area (Å²) in [6, 6.07) is 8.55. The molecule has 0 aliphatic carbocycles. The van der Waals surface area contributed by atoms with Crippen molar-refractivity contribution < 1.29 is 9.90 Å². The third kappa shape index (κ3) is 3.88. The summed E-state index contributed by atoms with van der Waals surface area (Å²) in [5.41, 5.74) is -0.683. The number of nitrogens with one attached hydrogen (secondary N) is 2. The number of hydrogen-bond donors (Lipinski definition) is 3. The summed E-state index contributed by atoms with van der Waals surface area (Å²) in [4.78, 5) is 40.1. The van der Waals surface area contributed by atoms with Gasteiger partial charge in [-0.1, -0.05) is 13.0 Å². The van der Waals surface area contributed by atoms with Crippen LogP contribution >= 0.6 is 11.3 Å². The lowest BCUT2D eigenvalue weighted by Crippen LogP contribution is -2.37. The first kappa shape index (κ1) is 20.6. The minimum Gasteiger partial charge on any atom is -0.505 e. The molecule has 8 heteroatoms. The number of benzene rings is 1. The number of aryl methyl sites for hydroxylation is 1. The molecule has 152 valence electrons. The molecule has 29 heavy (non-hydrogen) atoms. The van der Waals surface area contributed by atoms with E-state index in [-0.39, 0.29) is 40.3 Å². The fourth-order valence-corrected chi connectivity index (χ4v) is 4.04. The van der Waals surface area contributed by atoms with E-state index in [0.29, 0.717) is 0 Å². The first-order valence-electron chi connectivity index (χ1n) is 9.21. The lowest BCUT2D eigenvalue weighted by molar-refractivity contribution is 0.0824. The Morgan fingerprint density at radius 1 is 1.14 bits per heavy atom. The lowest BCUT2D eigenvalue weighted by Gasteiger charge is -2.21. The van der Waals surface area contributed by atoms with Gasteiger partial charge in [0.05, 0.1) is 17.3 Å². The van der Waals surface area contributed by atoms with Crippen LogP contribution in [0.15, 0.2) is 39.9 Å². The van der Waals surface area contributed by atoms with Crippen LogP contribution in [0.4, 0.5) is 17.1 Å². The number of anilines is 3. The molecule has 3 N–H and O–H groups in total. The Morgan fingerprint density at radius 2 is 1.83 bits per heavy atom. The van der Waals surface area contributed by atoms with Gasteiger partial charge in [0.25, 0.3) is 16.8 Å². The molecule has 1 aromatic heterocycles. The SMILES string of the molecule is CC[C@@H](Nc1c(Nc2cccc(C(=O)N(C)C)c2O)c(=O)c1=O)c1ccc(C)s1. The zero-order valence-electron chi connectivity index (χ0n) is 16.7. The molecule has 0 radical (unpaired) electrons. The second-order valence-corrected chi connectivity index (χ2v) is 8.31. The maximum absolute atomic E-state index is 12.2. The molecule has 0 aliphatic rings. The van der Waals surface area contributed by atoms with Crippen LogP contribution in [0.5, 0.6) is 5.75 Å². The van der Waals surface area contributed by atoms with E-state index in [1.807, 2.05) is 26.0 Å². The lowest BCUT2D eigenvalue weighted by atomic mass is 10.1. The number of amides is 1. The fourth-order valence-electron chi connectivity index (χ4n) is 3.03. The smallest absolute Gasteiger partial charge is 0.257 e. The molecular weight excluding hydrogens is 390 g/mol. The molecule has 3 rings (SSSR count). The van der Waals surface area contributed by atoms with Crippen molar-refractivity contribution in [3.63, 3.8) is 0 Å². The molecule has 0 saturated heterocycles. The van der Waals surface area contributed by atoms with Gasteiger partial charge >= 0.3 is 0 Å². The molecule has 0 spiro atoms. The van der Waals surface area contributed by atoms with Gasteiger partial charge in [0.1, 0.15) is 11.4 Å². The van der Waals surface area contributed by atoms with Gasteiger partial charge in [0.2, 0.25) is 0 Å². The molecular formula is C21H23N3O4S. The number of aromatic hydroxyl groups is 1. The summed E-state index contributed by atoms with van der Waals surface area (Å²) in [6.45, 7) is 4.00. The van der Waals surface area contributed by atoms with Crippen molar-refractivity contribution in [2.45, 2.75) is 26.3 Å². The zero-order valence-corrected chi connectivity index (χ0v) is 17.5. The Kier molecular flexibility index (Phi) is 5.74. The number of carbonyl (C=O) groups excluding carboxylic acids is 1. The van der Waals surface area contributed by atoms with E-state index in [0.717, 1.165) is 16.2 Å². The first-order valence-corrected chi connectivity index (χ1v) is 10.0. The predicted octanol–water partition coefficient (Wildman–Crippen LogP) is 3.37. The number of nitrogens with zero attached hydrogens (tertiary/aromatic N) is 1. The molecule has 0 unspecified atom stereocenters. The van der Waals surface area contributed by atoms with Crippen LogP contribution in [0.3, 0.4) is 0 Å². The number of carbonyl (C=O) groups is 1. The summed E-state index contributed by atoms with van der Waals surface area (Å²) in [5.74, 6) is -0.639. The normalized spacial score (nSPS) is 12.0. The van der Waals surface area contributed by atoms with Crippen LogP contribution in [0, 0.1) is 6.92 Å². The highest BCUT2D eigenvalue weighted by atomic mass is 32.1. The van der Waals surface area contributed by atoms with Crippen LogP contribution in [-0.2, 0) is 0 Å². The zero-order chi connectivity index (χ0) is 21.3. The minimum absolute atomic E-state index is 0.0893. The summed E-state index contributed by atoms with van der Waals surface area (Å²) in [6.07, 6.45) is 0.732. The summed E-state index contributed by atoms with van der Waals surface area (Å²) in [5, 5.41) is 16.5. The topological polar surface area (TPSA) is 98.7 Å². The molecule has 1 amide bonds. The Hall–Kier alpha value is -3.13. The van der Waals surface area contributed by atoms with E-state index in [1.165, 1.54) is 11.0 Å². The van der Waals surface area contributed by atoms with Gasteiger partial charge in [-0.15, -0.1) is 11.3 Å². The van der Waals surface area contributed by atoms with E-state index in [4.69, 9.17) is 0 Å². The van der Waals surface area contributed by atoms with Crippen molar-refractivity contribution in [3.05, 3.63) is 66.1 Å². The monoisotopic (exact) mass is 413 g/mol. The van der Waals surface area contributed by atoms with Crippen LogP contribution in [0.25, 0.3) is 0 Å². The number of rotatable bonds is 7. The maximum atomic E-state index is 12.2. The number of hydrogen-bond acceptors (Lipinski definition) is 7. The van der Waals surface area contributed by atoms with Crippen LogP contribution in [0.1, 0.15) is 39.5 Å². The highest BCUT2D eigenvalue weighted by Gasteiger charge is 2.25. The van der Waals surface area contributed by atoms with Gasteiger partial charge < -0.3 is 20.6 Å². The van der Waals surface area contributed by atoms with Gasteiger partial charge in [-0.2, -0.15) is 0 Å². The molecule has 0 fully saturated rings. The quantitative estimate of drug-likeness (QED) is 0.406. The molecule has 3 aromatic rings. The minimum atomic E-state index is -0.659. The molecule has 0 saturated carbocycles. The van der Waals surface area contributed by atoms with Crippen LogP contribution < -0.4 is 21.5 Å². The number of phenols is 1. The van der Waals surface area contributed by atoms with Gasteiger partial charge in [0, 0.05) is 23.8 Å². The second kappa shape index (κ2) is 8.08. The largest absolute Gasteiger partial charge is 0.505 e. The predicted molar refractivity (Wildman–Crippen MR) is 116 cm³/mol. The van der Waals surface area contributed by atoms with Crippen molar-refractivity contribution in [3.8, 4) is 5.75 Å². The van der Waals surface area contributed by atoms with Gasteiger partial charge in [-0.05, 0) is 37.6 Å². The molecule has 1 heterocycles. The number of thiophene rings is 1. The van der Waals surface area contributed by atoms with E-state index >= 15 is 0 Å². The standard InChI is InChI=1S/C21H23N3O4S/c1-5-13(15-10-9-11(2)29-15)22-16-17(20(27)19(16)26)23-14-8-6-7-12(18(14)25)21(28)24(3)4/h6-10,13,22-23,25H,5H2,1-4H3/t13-/m1/s1. The maximum Gasteiger partial charge on any atom is 0.257 e. The molecule has 1 atom stereocenters. The number of phenolic OH excluding ortho intramolecular Hbond substituents is 1. The highest BCUT2D eigenvalue weighted by Crippen LogP contribution is 2.34. The Balaban J connectivity index is 1.90. The van der Waals surface area contributed by atoms with E-state index in [9.17, 15) is 19.5 Å². The Labute approximate surface area is 172 Å². The molecule has 7 nitrogen and oxygen atoms in total. The number of para-hydroxylation sites is 1. The Bertz CT molecular complexity index is 1130. The third-order valence-electron chi connectivity index (χ3n) is 4.67. The van der Waals surface area contributed by atoms with Crippen LogP contribution in [-0.4, -0.2) is 30.0 Å². The van der Waals surface area contributed by atoms with Crippen molar-refractivity contribution in [1.82, 2.24) is 4.90 Å². The van der Waals surface area contributed by atoms with Crippen molar-refractivity contribution >= 4 is 34.3 Å². The summed E-state index contributed by atoms with van der Waals surface area (Å²) in [7, 11) is 3.16. The first-order chi connectivity index (χ1) is 13.7. The summed E-state index contributed by atoms with van der Waals surface area (Å²) < 4.78 is 0. The van der Waals surface area contributed by atoms with E-state index in [1.54, 1.807) is 37.6 Å². The molecule has 2 aromatic carbocycles. The highest BCUT2D eigenvalue weighted by molar-refractivity contribution is 7.12. The van der Waals surface area contributed by atoms with E-state index < -0.39 is 10.9 Å². The van der Waals surface area contributed by atoms with Crippen molar-refractivity contribution in [2.24, 2.45) is 0 Å². The van der Waals surface area contributed by atoms with Crippen molar-refractivity contribution in [2.75, 3.05) is 24.7 Å². The summed E-state index contributed by atoms with van der Waals surface area (Å²) >= 11 is 1.63. The average Bonchev–Trinajstić information content (AvgIpc) is 3.13. The second-order valence-electron chi connectivity index (χ2n) is 6.99. The molecule has 0 aliphatic heterocycles. The van der Waals surface area contributed by atoms with E-state index in [2.05, 4.69) is 10.6 Å². The van der Waals surface area contributed by atoms with Gasteiger partial charge in [-0.25, -0.2) is 0 Å².